The molecule has 1 aliphatic heterocycles. The Morgan fingerprint density at radius 1 is 1.46 bits per heavy atom. The predicted molar refractivity (Wildman–Crippen MR) is 56.7 cm³/mol. The lowest BCUT2D eigenvalue weighted by atomic mass is 9.87. The highest BCUT2D eigenvalue weighted by molar-refractivity contribution is 5.07. The zero-order valence-corrected chi connectivity index (χ0v) is 8.92. The van der Waals surface area contributed by atoms with Crippen molar-refractivity contribution in [3.63, 3.8) is 0 Å². The van der Waals surface area contributed by atoms with Crippen molar-refractivity contribution in [3.05, 3.63) is 24.3 Å². The maximum Gasteiger partial charge on any atom is 0.0824 e. The van der Waals surface area contributed by atoms with Gasteiger partial charge in [-0.25, -0.2) is 0 Å². The van der Waals surface area contributed by atoms with Gasteiger partial charge in [-0.05, 0) is 33.6 Å². The van der Waals surface area contributed by atoms with Crippen molar-refractivity contribution >= 4 is 0 Å². The summed E-state index contributed by atoms with van der Waals surface area (Å²) < 4.78 is 5.85. The number of hydrogen-bond donors (Lipinski definition) is 0. The van der Waals surface area contributed by atoms with E-state index in [1.807, 2.05) is 6.92 Å². The molecule has 0 saturated carbocycles. The molecule has 0 unspecified atom stereocenters. The van der Waals surface area contributed by atoms with Gasteiger partial charge < -0.3 is 4.74 Å². The summed E-state index contributed by atoms with van der Waals surface area (Å²) in [5, 5.41) is 0. The first-order chi connectivity index (χ1) is 6.15. The van der Waals surface area contributed by atoms with Crippen molar-refractivity contribution in [1.29, 1.82) is 0 Å². The van der Waals surface area contributed by atoms with Crippen molar-refractivity contribution < 1.29 is 4.74 Å². The topological polar surface area (TPSA) is 9.23 Å². The second-order valence-electron chi connectivity index (χ2n) is 3.97. The third kappa shape index (κ3) is 2.70. The molecule has 1 saturated heterocycles. The summed E-state index contributed by atoms with van der Waals surface area (Å²) in [5.41, 5.74) is 1.25. The molecular weight excluding hydrogens is 160 g/mol. The van der Waals surface area contributed by atoms with Crippen molar-refractivity contribution in [2.24, 2.45) is 5.92 Å². The first kappa shape index (κ1) is 10.5. The summed E-state index contributed by atoms with van der Waals surface area (Å²) in [4.78, 5) is 0. The molecule has 0 spiro atoms. The standard InChI is InChI=1S/C12H20O/c1-5-6-12-11(9(2)3)8-7-10(4)13-12/h5-6,10-12H,2,7-8H2,1,3-4H3/b6-5+/t10-,11-,12-/m0/s1. The molecule has 0 bridgehead atoms. The Hall–Kier alpha value is -0.560. The van der Waals surface area contributed by atoms with E-state index in [0.717, 1.165) is 6.42 Å². The van der Waals surface area contributed by atoms with Gasteiger partial charge in [-0.3, -0.25) is 0 Å². The summed E-state index contributed by atoms with van der Waals surface area (Å²) >= 11 is 0. The van der Waals surface area contributed by atoms with E-state index in [1.54, 1.807) is 0 Å². The minimum Gasteiger partial charge on any atom is -0.371 e. The highest BCUT2D eigenvalue weighted by Gasteiger charge is 2.27. The van der Waals surface area contributed by atoms with Gasteiger partial charge in [-0.1, -0.05) is 24.3 Å². The first-order valence-corrected chi connectivity index (χ1v) is 5.08. The van der Waals surface area contributed by atoms with Crippen LogP contribution in [0.2, 0.25) is 0 Å². The van der Waals surface area contributed by atoms with Crippen molar-refractivity contribution in [2.45, 2.75) is 45.8 Å². The summed E-state index contributed by atoms with van der Waals surface area (Å²) in [5.74, 6) is 0.521. The van der Waals surface area contributed by atoms with Gasteiger partial charge >= 0.3 is 0 Å². The molecule has 0 N–H and O–H groups in total. The predicted octanol–water partition coefficient (Wildman–Crippen LogP) is 3.32. The average Bonchev–Trinajstić information content (AvgIpc) is 2.04. The van der Waals surface area contributed by atoms with Gasteiger partial charge in [0.2, 0.25) is 0 Å². The number of allylic oxidation sites excluding steroid dienone is 1. The molecule has 0 aliphatic carbocycles. The first-order valence-electron chi connectivity index (χ1n) is 5.08. The van der Waals surface area contributed by atoms with E-state index in [9.17, 15) is 0 Å². The Morgan fingerprint density at radius 3 is 2.69 bits per heavy atom. The van der Waals surface area contributed by atoms with Crippen LogP contribution in [-0.4, -0.2) is 12.2 Å². The van der Waals surface area contributed by atoms with Crippen LogP contribution in [0.25, 0.3) is 0 Å². The van der Waals surface area contributed by atoms with Crippen LogP contribution < -0.4 is 0 Å². The Balaban J connectivity index is 2.65. The molecule has 1 nitrogen and oxygen atoms in total. The van der Waals surface area contributed by atoms with Crippen LogP contribution in [0.4, 0.5) is 0 Å². The van der Waals surface area contributed by atoms with E-state index >= 15 is 0 Å². The van der Waals surface area contributed by atoms with Crippen LogP contribution >= 0.6 is 0 Å². The third-order valence-electron chi connectivity index (χ3n) is 2.69. The molecule has 0 aromatic carbocycles. The summed E-state index contributed by atoms with van der Waals surface area (Å²) in [6.07, 6.45) is 7.24. The smallest absolute Gasteiger partial charge is 0.0824 e. The fourth-order valence-electron chi connectivity index (χ4n) is 1.91. The molecule has 0 radical (unpaired) electrons. The molecule has 1 aliphatic rings. The Bertz CT molecular complexity index is 205. The molecule has 0 aromatic rings. The maximum absolute atomic E-state index is 5.85. The van der Waals surface area contributed by atoms with Gasteiger partial charge in [0.15, 0.2) is 0 Å². The van der Waals surface area contributed by atoms with Gasteiger partial charge in [0.05, 0.1) is 12.2 Å². The molecule has 1 heterocycles. The summed E-state index contributed by atoms with van der Waals surface area (Å²) in [6.45, 7) is 10.3. The van der Waals surface area contributed by atoms with E-state index in [1.165, 1.54) is 12.0 Å². The van der Waals surface area contributed by atoms with E-state index in [4.69, 9.17) is 4.74 Å². The van der Waals surface area contributed by atoms with Crippen LogP contribution in [0.5, 0.6) is 0 Å². The zero-order valence-electron chi connectivity index (χ0n) is 8.92. The van der Waals surface area contributed by atoms with Gasteiger partial charge in [0, 0.05) is 5.92 Å². The Morgan fingerprint density at radius 2 is 2.15 bits per heavy atom. The van der Waals surface area contributed by atoms with Crippen LogP contribution in [0, 0.1) is 5.92 Å². The lowest BCUT2D eigenvalue weighted by Gasteiger charge is -2.34. The molecule has 13 heavy (non-hydrogen) atoms. The van der Waals surface area contributed by atoms with Crippen LogP contribution in [-0.2, 0) is 4.74 Å². The van der Waals surface area contributed by atoms with E-state index < -0.39 is 0 Å². The fourth-order valence-corrected chi connectivity index (χ4v) is 1.91. The molecule has 1 fully saturated rings. The fraction of sp³-hybridized carbons (Fsp3) is 0.667. The molecular formula is C12H20O. The number of rotatable bonds is 2. The highest BCUT2D eigenvalue weighted by Crippen LogP contribution is 2.30. The van der Waals surface area contributed by atoms with Gasteiger partial charge in [0.25, 0.3) is 0 Å². The second kappa shape index (κ2) is 4.61. The second-order valence-corrected chi connectivity index (χ2v) is 3.97. The van der Waals surface area contributed by atoms with Gasteiger partial charge in [-0.15, -0.1) is 0 Å². The molecule has 1 rings (SSSR count). The summed E-state index contributed by atoms with van der Waals surface area (Å²) in [6, 6.07) is 0. The summed E-state index contributed by atoms with van der Waals surface area (Å²) in [7, 11) is 0. The lowest BCUT2D eigenvalue weighted by Crippen LogP contribution is -2.32. The minimum atomic E-state index is 0.256. The van der Waals surface area contributed by atoms with Crippen molar-refractivity contribution in [1.82, 2.24) is 0 Å². The van der Waals surface area contributed by atoms with E-state index in [0.29, 0.717) is 12.0 Å². The van der Waals surface area contributed by atoms with Gasteiger partial charge in [-0.2, -0.15) is 0 Å². The molecule has 3 atom stereocenters. The third-order valence-corrected chi connectivity index (χ3v) is 2.69. The highest BCUT2D eigenvalue weighted by atomic mass is 16.5. The number of ether oxygens (including phenoxy) is 1. The normalized spacial score (nSPS) is 35.2. The maximum atomic E-state index is 5.85. The Kier molecular flexibility index (Phi) is 3.73. The lowest BCUT2D eigenvalue weighted by molar-refractivity contribution is -0.0390. The molecule has 0 amide bonds. The Labute approximate surface area is 81.5 Å². The van der Waals surface area contributed by atoms with E-state index in [2.05, 4.69) is 32.6 Å². The molecule has 1 heteroatoms. The monoisotopic (exact) mass is 180 g/mol. The van der Waals surface area contributed by atoms with Crippen LogP contribution in [0.3, 0.4) is 0 Å². The van der Waals surface area contributed by atoms with Crippen molar-refractivity contribution in [3.8, 4) is 0 Å². The minimum absolute atomic E-state index is 0.256. The van der Waals surface area contributed by atoms with Crippen LogP contribution in [0.15, 0.2) is 24.3 Å². The van der Waals surface area contributed by atoms with E-state index in [-0.39, 0.29) is 6.10 Å². The zero-order chi connectivity index (χ0) is 9.84. The molecule has 0 aromatic heterocycles. The number of hydrogen-bond acceptors (Lipinski definition) is 1. The molecule has 74 valence electrons. The van der Waals surface area contributed by atoms with Gasteiger partial charge in [0.1, 0.15) is 0 Å². The van der Waals surface area contributed by atoms with Crippen LogP contribution in [0.1, 0.15) is 33.6 Å². The largest absolute Gasteiger partial charge is 0.371 e. The average molecular weight is 180 g/mol. The SMILES string of the molecule is C=C(C)[C@@H]1CC[C@H](C)O[C@H]1/C=C/C. The quantitative estimate of drug-likeness (QED) is 0.592. The van der Waals surface area contributed by atoms with Crippen molar-refractivity contribution in [2.75, 3.05) is 0 Å².